The summed E-state index contributed by atoms with van der Waals surface area (Å²) in [4.78, 5) is 2.07. The Morgan fingerprint density at radius 3 is 2.62 bits per heavy atom. The first kappa shape index (κ1) is 13.0. The minimum Gasteiger partial charge on any atom is -0.492 e. The Bertz CT molecular complexity index is 315. The fraction of sp³-hybridized carbons (Fsp3) is 0.500. The molecule has 0 aliphatic heterocycles. The third-order valence-electron chi connectivity index (χ3n) is 2.37. The van der Waals surface area contributed by atoms with Gasteiger partial charge in [0.2, 0.25) is 0 Å². The third kappa shape index (κ3) is 3.81. The molecule has 90 valence electrons. The largest absolute Gasteiger partial charge is 0.492 e. The van der Waals surface area contributed by atoms with Crippen LogP contribution in [-0.2, 0) is 0 Å². The zero-order chi connectivity index (χ0) is 12.0. The van der Waals surface area contributed by atoms with Crippen molar-refractivity contribution in [2.24, 2.45) is 11.5 Å². The van der Waals surface area contributed by atoms with Gasteiger partial charge in [0.25, 0.3) is 0 Å². The van der Waals surface area contributed by atoms with E-state index in [2.05, 4.69) is 4.90 Å². The first-order valence-electron chi connectivity index (χ1n) is 5.47. The van der Waals surface area contributed by atoms with Crippen molar-refractivity contribution in [3.05, 3.63) is 29.8 Å². The second-order valence-electron chi connectivity index (χ2n) is 4.03. The van der Waals surface area contributed by atoms with Crippen molar-refractivity contribution >= 4 is 0 Å². The standard InChI is InChI=1S/C12H21N3O/c1-15(2)7-8-16-12-6-4-3-5-10(12)11(14)9-13/h3-6,11H,7-9,13-14H2,1-2H3/t11-/m0/s1. The molecule has 0 spiro atoms. The summed E-state index contributed by atoms with van der Waals surface area (Å²) in [5.74, 6) is 0.835. The van der Waals surface area contributed by atoms with E-state index in [1.54, 1.807) is 0 Å². The molecular weight excluding hydrogens is 202 g/mol. The van der Waals surface area contributed by atoms with Gasteiger partial charge in [-0.1, -0.05) is 18.2 Å². The van der Waals surface area contributed by atoms with Gasteiger partial charge < -0.3 is 21.1 Å². The third-order valence-corrected chi connectivity index (χ3v) is 2.37. The molecule has 0 saturated heterocycles. The number of benzene rings is 1. The van der Waals surface area contributed by atoms with Crippen molar-refractivity contribution in [3.8, 4) is 5.75 Å². The van der Waals surface area contributed by atoms with Gasteiger partial charge in [0.15, 0.2) is 0 Å². The van der Waals surface area contributed by atoms with Gasteiger partial charge in [0.05, 0.1) is 0 Å². The molecule has 16 heavy (non-hydrogen) atoms. The molecule has 0 saturated carbocycles. The van der Waals surface area contributed by atoms with Crippen molar-refractivity contribution in [1.82, 2.24) is 4.90 Å². The quantitative estimate of drug-likeness (QED) is 0.740. The van der Waals surface area contributed by atoms with Crippen LogP contribution < -0.4 is 16.2 Å². The molecule has 0 radical (unpaired) electrons. The van der Waals surface area contributed by atoms with E-state index in [0.717, 1.165) is 17.9 Å². The maximum atomic E-state index is 5.91. The summed E-state index contributed by atoms with van der Waals surface area (Å²) >= 11 is 0. The topological polar surface area (TPSA) is 64.5 Å². The summed E-state index contributed by atoms with van der Waals surface area (Å²) in [6.07, 6.45) is 0. The highest BCUT2D eigenvalue weighted by atomic mass is 16.5. The highest BCUT2D eigenvalue weighted by molar-refractivity contribution is 5.35. The molecule has 0 fully saturated rings. The van der Waals surface area contributed by atoms with Gasteiger partial charge in [-0.15, -0.1) is 0 Å². The van der Waals surface area contributed by atoms with Gasteiger partial charge >= 0.3 is 0 Å². The molecule has 4 heteroatoms. The molecule has 0 aliphatic carbocycles. The highest BCUT2D eigenvalue weighted by Gasteiger charge is 2.09. The van der Waals surface area contributed by atoms with Crippen molar-refractivity contribution in [3.63, 3.8) is 0 Å². The Morgan fingerprint density at radius 2 is 2.00 bits per heavy atom. The lowest BCUT2D eigenvalue weighted by Gasteiger charge is -2.16. The Kier molecular flexibility index (Phi) is 5.25. The van der Waals surface area contributed by atoms with Crippen LogP contribution in [0.25, 0.3) is 0 Å². The molecule has 1 rings (SSSR count). The molecule has 4 N–H and O–H groups in total. The Hall–Kier alpha value is -1.10. The number of nitrogens with zero attached hydrogens (tertiary/aromatic N) is 1. The Balaban J connectivity index is 2.64. The zero-order valence-electron chi connectivity index (χ0n) is 10.0. The average molecular weight is 223 g/mol. The molecule has 1 aromatic carbocycles. The summed E-state index contributed by atoms with van der Waals surface area (Å²) < 4.78 is 5.69. The molecule has 0 unspecified atom stereocenters. The van der Waals surface area contributed by atoms with Crippen LogP contribution >= 0.6 is 0 Å². The van der Waals surface area contributed by atoms with Gasteiger partial charge in [-0.25, -0.2) is 0 Å². The van der Waals surface area contributed by atoms with Crippen LogP contribution in [0.1, 0.15) is 11.6 Å². The van der Waals surface area contributed by atoms with E-state index in [-0.39, 0.29) is 6.04 Å². The Morgan fingerprint density at radius 1 is 1.31 bits per heavy atom. The second kappa shape index (κ2) is 6.48. The number of nitrogens with two attached hydrogens (primary N) is 2. The zero-order valence-corrected chi connectivity index (χ0v) is 10.0. The summed E-state index contributed by atoms with van der Waals surface area (Å²) in [6.45, 7) is 1.96. The van der Waals surface area contributed by atoms with Gasteiger partial charge in [-0.05, 0) is 20.2 Å². The first-order valence-corrected chi connectivity index (χ1v) is 5.47. The molecule has 4 nitrogen and oxygen atoms in total. The van der Waals surface area contributed by atoms with E-state index in [4.69, 9.17) is 16.2 Å². The van der Waals surface area contributed by atoms with Crippen molar-refractivity contribution in [2.75, 3.05) is 33.8 Å². The molecule has 0 heterocycles. The van der Waals surface area contributed by atoms with E-state index in [9.17, 15) is 0 Å². The lowest BCUT2D eigenvalue weighted by molar-refractivity contribution is 0.258. The van der Waals surface area contributed by atoms with Crippen LogP contribution in [0.4, 0.5) is 0 Å². The van der Waals surface area contributed by atoms with Crippen molar-refractivity contribution in [2.45, 2.75) is 6.04 Å². The van der Waals surface area contributed by atoms with Gasteiger partial charge in [0.1, 0.15) is 12.4 Å². The number of hydrogen-bond acceptors (Lipinski definition) is 4. The number of rotatable bonds is 6. The molecule has 1 atom stereocenters. The molecule has 0 aromatic heterocycles. The molecule has 0 aliphatic rings. The van der Waals surface area contributed by atoms with Crippen LogP contribution in [0.15, 0.2) is 24.3 Å². The van der Waals surface area contributed by atoms with Crippen LogP contribution in [0, 0.1) is 0 Å². The van der Waals surface area contributed by atoms with E-state index >= 15 is 0 Å². The van der Waals surface area contributed by atoms with Crippen LogP contribution in [-0.4, -0.2) is 38.7 Å². The van der Waals surface area contributed by atoms with E-state index in [0.29, 0.717) is 13.2 Å². The van der Waals surface area contributed by atoms with E-state index < -0.39 is 0 Å². The van der Waals surface area contributed by atoms with Crippen molar-refractivity contribution in [1.29, 1.82) is 0 Å². The summed E-state index contributed by atoms with van der Waals surface area (Å²) in [5.41, 5.74) is 12.4. The Labute approximate surface area is 97.2 Å². The van der Waals surface area contributed by atoms with Crippen LogP contribution in [0.5, 0.6) is 5.75 Å². The normalized spacial score (nSPS) is 12.8. The number of para-hydroxylation sites is 1. The number of ether oxygens (including phenoxy) is 1. The number of likely N-dealkylation sites (N-methyl/N-ethyl adjacent to an activating group) is 1. The SMILES string of the molecule is CN(C)CCOc1ccccc1[C@@H](N)CN. The maximum absolute atomic E-state index is 5.91. The van der Waals surface area contributed by atoms with E-state index in [1.807, 2.05) is 38.4 Å². The minimum atomic E-state index is -0.157. The lowest BCUT2D eigenvalue weighted by atomic mass is 10.1. The molecule has 0 bridgehead atoms. The minimum absolute atomic E-state index is 0.157. The molecule has 0 amide bonds. The lowest BCUT2D eigenvalue weighted by Crippen LogP contribution is -2.23. The molecule has 1 aromatic rings. The maximum Gasteiger partial charge on any atom is 0.124 e. The first-order chi connectivity index (χ1) is 7.65. The smallest absolute Gasteiger partial charge is 0.124 e. The predicted molar refractivity (Wildman–Crippen MR) is 66.5 cm³/mol. The number of hydrogen-bond donors (Lipinski definition) is 2. The average Bonchev–Trinajstić information content (AvgIpc) is 2.28. The summed E-state index contributed by atoms with van der Waals surface area (Å²) in [6, 6.07) is 7.63. The van der Waals surface area contributed by atoms with E-state index in [1.165, 1.54) is 0 Å². The second-order valence-corrected chi connectivity index (χ2v) is 4.03. The fourth-order valence-corrected chi connectivity index (χ4v) is 1.38. The summed E-state index contributed by atoms with van der Waals surface area (Å²) in [7, 11) is 4.03. The summed E-state index contributed by atoms with van der Waals surface area (Å²) in [5, 5.41) is 0. The monoisotopic (exact) mass is 223 g/mol. The predicted octanol–water partition coefficient (Wildman–Crippen LogP) is 0.586. The van der Waals surface area contributed by atoms with Gasteiger partial charge in [-0.3, -0.25) is 0 Å². The fourth-order valence-electron chi connectivity index (χ4n) is 1.38. The molecular formula is C12H21N3O. The van der Waals surface area contributed by atoms with Crippen molar-refractivity contribution < 1.29 is 4.74 Å². The highest BCUT2D eigenvalue weighted by Crippen LogP contribution is 2.22. The van der Waals surface area contributed by atoms with Crippen LogP contribution in [0.3, 0.4) is 0 Å². The van der Waals surface area contributed by atoms with Crippen LogP contribution in [0.2, 0.25) is 0 Å². The van der Waals surface area contributed by atoms with Gasteiger partial charge in [-0.2, -0.15) is 0 Å². The van der Waals surface area contributed by atoms with Gasteiger partial charge in [0, 0.05) is 24.7 Å².